The van der Waals surface area contributed by atoms with E-state index in [1.165, 1.54) is 0 Å². The lowest BCUT2D eigenvalue weighted by molar-refractivity contribution is 0.0324. The number of hydrogen-bond acceptors (Lipinski definition) is 3. The van der Waals surface area contributed by atoms with Crippen molar-refractivity contribution >= 4 is 11.6 Å². The molecule has 1 heterocycles. The van der Waals surface area contributed by atoms with Crippen molar-refractivity contribution in [3.05, 3.63) is 16.4 Å². The average Bonchev–Trinajstić information content (AvgIpc) is 2.82. The highest BCUT2D eigenvalue weighted by molar-refractivity contribution is 6.31. The molecule has 1 saturated carbocycles. The van der Waals surface area contributed by atoms with E-state index in [4.69, 9.17) is 22.1 Å². The van der Waals surface area contributed by atoms with Crippen LogP contribution >= 0.6 is 11.6 Å². The van der Waals surface area contributed by atoms with Gasteiger partial charge in [0.05, 0.1) is 29.1 Å². The third-order valence-electron chi connectivity index (χ3n) is 3.44. The average molecular weight is 258 g/mol. The van der Waals surface area contributed by atoms with Gasteiger partial charge < -0.3 is 10.5 Å². The van der Waals surface area contributed by atoms with Gasteiger partial charge in [-0.05, 0) is 25.7 Å². The van der Waals surface area contributed by atoms with Gasteiger partial charge in [-0.25, -0.2) is 0 Å². The predicted molar refractivity (Wildman–Crippen MR) is 68.0 cm³/mol. The van der Waals surface area contributed by atoms with Crippen molar-refractivity contribution < 1.29 is 4.74 Å². The van der Waals surface area contributed by atoms with Gasteiger partial charge in [-0.2, -0.15) is 5.10 Å². The second-order valence-corrected chi connectivity index (χ2v) is 5.01. The number of nitrogens with zero attached hydrogens (tertiary/aromatic N) is 2. The maximum absolute atomic E-state index is 6.26. The summed E-state index contributed by atoms with van der Waals surface area (Å²) in [6.07, 6.45) is 4.29. The molecule has 17 heavy (non-hydrogen) atoms. The smallest absolute Gasteiger partial charge is 0.0904 e. The van der Waals surface area contributed by atoms with Gasteiger partial charge in [-0.15, -0.1) is 0 Å². The molecule has 1 fully saturated rings. The van der Waals surface area contributed by atoms with Crippen molar-refractivity contribution in [2.75, 3.05) is 0 Å². The first-order chi connectivity index (χ1) is 8.13. The first-order valence-corrected chi connectivity index (χ1v) is 6.58. The van der Waals surface area contributed by atoms with E-state index in [9.17, 15) is 0 Å². The Bertz CT molecular complexity index is 391. The number of aromatic nitrogens is 2. The molecule has 5 heteroatoms. The number of ether oxygens (including phenoxy) is 1. The van der Waals surface area contributed by atoms with Crippen LogP contribution in [0.3, 0.4) is 0 Å². The zero-order valence-electron chi connectivity index (χ0n) is 10.4. The standard InChI is InChI=1S/C12H20ClN3O/c1-3-9-12(13)10(16(2)15-9)7-17-11-6-4-5-8(11)14/h8,11H,3-7,14H2,1-2H3. The van der Waals surface area contributed by atoms with Crippen LogP contribution in [-0.2, 0) is 24.8 Å². The van der Waals surface area contributed by atoms with Gasteiger partial charge >= 0.3 is 0 Å². The minimum Gasteiger partial charge on any atom is -0.370 e. The highest BCUT2D eigenvalue weighted by atomic mass is 35.5. The van der Waals surface area contributed by atoms with Crippen LogP contribution in [0.1, 0.15) is 37.6 Å². The van der Waals surface area contributed by atoms with Crippen LogP contribution in [0.5, 0.6) is 0 Å². The van der Waals surface area contributed by atoms with Crippen LogP contribution in [-0.4, -0.2) is 21.9 Å². The Morgan fingerprint density at radius 3 is 2.82 bits per heavy atom. The second-order valence-electron chi connectivity index (χ2n) is 4.63. The van der Waals surface area contributed by atoms with Crippen LogP contribution in [0.2, 0.25) is 5.02 Å². The maximum atomic E-state index is 6.26. The van der Waals surface area contributed by atoms with Crippen LogP contribution < -0.4 is 5.73 Å². The predicted octanol–water partition coefficient (Wildman–Crippen LogP) is 2.03. The molecule has 96 valence electrons. The van der Waals surface area contributed by atoms with Gasteiger partial charge in [0.15, 0.2) is 0 Å². The molecule has 1 aromatic heterocycles. The summed E-state index contributed by atoms with van der Waals surface area (Å²) in [5.41, 5.74) is 7.85. The summed E-state index contributed by atoms with van der Waals surface area (Å²) in [6, 6.07) is 0.174. The van der Waals surface area contributed by atoms with Crippen LogP contribution in [0.15, 0.2) is 0 Å². The zero-order valence-corrected chi connectivity index (χ0v) is 11.2. The van der Waals surface area contributed by atoms with E-state index in [0.717, 1.165) is 42.1 Å². The van der Waals surface area contributed by atoms with Crippen molar-refractivity contribution in [1.29, 1.82) is 0 Å². The largest absolute Gasteiger partial charge is 0.370 e. The fourth-order valence-electron chi connectivity index (χ4n) is 2.32. The Morgan fingerprint density at radius 1 is 1.53 bits per heavy atom. The van der Waals surface area contributed by atoms with Crippen molar-refractivity contribution in [2.24, 2.45) is 12.8 Å². The molecule has 1 aliphatic rings. The Morgan fingerprint density at radius 2 is 2.29 bits per heavy atom. The van der Waals surface area contributed by atoms with Gasteiger partial charge in [-0.1, -0.05) is 18.5 Å². The molecule has 1 aromatic rings. The quantitative estimate of drug-likeness (QED) is 0.898. The Hall–Kier alpha value is -0.580. The molecule has 2 rings (SSSR count). The van der Waals surface area contributed by atoms with E-state index in [1.807, 2.05) is 18.7 Å². The Kier molecular flexibility index (Phi) is 4.07. The summed E-state index contributed by atoms with van der Waals surface area (Å²) in [5, 5.41) is 5.10. The lowest BCUT2D eigenvalue weighted by Crippen LogP contribution is -2.31. The summed E-state index contributed by atoms with van der Waals surface area (Å²) < 4.78 is 7.66. The molecular formula is C12H20ClN3O. The summed E-state index contributed by atoms with van der Waals surface area (Å²) in [5.74, 6) is 0. The number of halogens is 1. The molecular weight excluding hydrogens is 238 g/mol. The summed E-state index contributed by atoms with van der Waals surface area (Å²) in [6.45, 7) is 2.55. The molecule has 0 aromatic carbocycles. The number of aryl methyl sites for hydroxylation is 2. The van der Waals surface area contributed by atoms with E-state index in [1.54, 1.807) is 0 Å². The van der Waals surface area contributed by atoms with Crippen molar-refractivity contribution in [1.82, 2.24) is 9.78 Å². The molecule has 2 N–H and O–H groups in total. The molecule has 0 amide bonds. The van der Waals surface area contributed by atoms with Gasteiger partial charge in [0.25, 0.3) is 0 Å². The topological polar surface area (TPSA) is 53.1 Å². The van der Waals surface area contributed by atoms with Crippen molar-refractivity contribution in [2.45, 2.75) is 51.4 Å². The minimum atomic E-state index is 0.172. The number of hydrogen-bond donors (Lipinski definition) is 1. The van der Waals surface area contributed by atoms with Crippen LogP contribution in [0.4, 0.5) is 0 Å². The van der Waals surface area contributed by atoms with Gasteiger partial charge in [-0.3, -0.25) is 4.68 Å². The zero-order chi connectivity index (χ0) is 12.4. The Balaban J connectivity index is 2.01. The van der Waals surface area contributed by atoms with E-state index in [-0.39, 0.29) is 12.1 Å². The molecule has 0 spiro atoms. The summed E-state index contributed by atoms with van der Waals surface area (Å²) in [4.78, 5) is 0. The summed E-state index contributed by atoms with van der Waals surface area (Å²) >= 11 is 6.26. The fourth-order valence-corrected chi connectivity index (χ4v) is 2.67. The highest BCUT2D eigenvalue weighted by Crippen LogP contribution is 2.25. The number of nitrogens with two attached hydrogens (primary N) is 1. The molecule has 4 nitrogen and oxygen atoms in total. The van der Waals surface area contributed by atoms with Crippen LogP contribution in [0.25, 0.3) is 0 Å². The maximum Gasteiger partial charge on any atom is 0.0904 e. The molecule has 2 atom stereocenters. The Labute approximate surface area is 107 Å². The molecule has 0 bridgehead atoms. The van der Waals surface area contributed by atoms with E-state index in [2.05, 4.69) is 5.10 Å². The first-order valence-electron chi connectivity index (χ1n) is 6.21. The molecule has 1 aliphatic carbocycles. The van der Waals surface area contributed by atoms with E-state index >= 15 is 0 Å². The van der Waals surface area contributed by atoms with Gasteiger partial charge in [0, 0.05) is 13.1 Å². The van der Waals surface area contributed by atoms with E-state index < -0.39 is 0 Å². The SMILES string of the molecule is CCc1nn(C)c(COC2CCCC2N)c1Cl. The normalized spacial score (nSPS) is 24.5. The van der Waals surface area contributed by atoms with Gasteiger partial charge in [0.2, 0.25) is 0 Å². The lowest BCUT2D eigenvalue weighted by atomic mass is 10.2. The number of rotatable bonds is 4. The third-order valence-corrected chi connectivity index (χ3v) is 3.88. The van der Waals surface area contributed by atoms with Crippen molar-refractivity contribution in [3.8, 4) is 0 Å². The summed E-state index contributed by atoms with van der Waals surface area (Å²) in [7, 11) is 1.90. The molecule has 0 saturated heterocycles. The second kappa shape index (κ2) is 5.38. The van der Waals surface area contributed by atoms with Gasteiger partial charge in [0.1, 0.15) is 0 Å². The first kappa shape index (κ1) is 12.9. The van der Waals surface area contributed by atoms with E-state index in [0.29, 0.717) is 6.61 Å². The molecule has 0 aliphatic heterocycles. The third kappa shape index (κ3) is 2.64. The monoisotopic (exact) mass is 257 g/mol. The highest BCUT2D eigenvalue weighted by Gasteiger charge is 2.25. The minimum absolute atomic E-state index is 0.172. The van der Waals surface area contributed by atoms with Crippen LogP contribution in [0, 0.1) is 0 Å². The molecule has 2 unspecified atom stereocenters. The molecule has 0 radical (unpaired) electrons. The fraction of sp³-hybridized carbons (Fsp3) is 0.750. The lowest BCUT2D eigenvalue weighted by Gasteiger charge is -2.16. The van der Waals surface area contributed by atoms with Crippen molar-refractivity contribution in [3.63, 3.8) is 0 Å².